The van der Waals surface area contributed by atoms with E-state index < -0.39 is 0 Å². The minimum atomic E-state index is 1.11. The molecule has 0 bridgehead atoms. The smallest absolute Gasteiger partial charge is 0.0675 e. The molecule has 0 spiro atoms. The summed E-state index contributed by atoms with van der Waals surface area (Å²) in [6.45, 7) is 4.33. The highest BCUT2D eigenvalue weighted by molar-refractivity contribution is 6.00. The van der Waals surface area contributed by atoms with E-state index >= 15 is 0 Å². The fourth-order valence-corrected chi connectivity index (χ4v) is 1.48. The first-order valence-corrected chi connectivity index (χ1v) is 5.28. The van der Waals surface area contributed by atoms with Crippen LogP contribution < -0.4 is 5.43 Å². The van der Waals surface area contributed by atoms with Crippen LogP contribution in [0.5, 0.6) is 0 Å². The highest BCUT2D eigenvalue weighted by Gasteiger charge is 2.07. The van der Waals surface area contributed by atoms with Gasteiger partial charge in [0.25, 0.3) is 0 Å². The van der Waals surface area contributed by atoms with Gasteiger partial charge in [-0.2, -0.15) is 10.5 Å². The molecule has 1 rings (SSSR count). The van der Waals surface area contributed by atoms with E-state index in [1.54, 1.807) is 0 Å². The van der Waals surface area contributed by atoms with E-state index in [1.165, 1.54) is 43.4 Å². The lowest BCUT2D eigenvalue weighted by molar-refractivity contribution is 0.643. The number of unbranched alkanes of at least 4 members (excludes halogenated alkanes) is 4. The van der Waals surface area contributed by atoms with E-state index in [0.717, 1.165) is 6.42 Å². The summed E-state index contributed by atoms with van der Waals surface area (Å²) in [5.41, 5.74) is 6.32. The predicted molar refractivity (Wildman–Crippen MR) is 56.7 cm³/mol. The van der Waals surface area contributed by atoms with Crippen molar-refractivity contribution in [1.29, 1.82) is 0 Å². The Kier molecular flexibility index (Phi) is 4.58. The van der Waals surface area contributed by atoms with E-state index in [-0.39, 0.29) is 0 Å². The zero-order valence-corrected chi connectivity index (χ0v) is 8.71. The maximum Gasteiger partial charge on any atom is 0.0675 e. The molecule has 2 nitrogen and oxygen atoms in total. The third-order valence-corrected chi connectivity index (χ3v) is 2.40. The van der Waals surface area contributed by atoms with Crippen LogP contribution in [0, 0.1) is 0 Å². The van der Waals surface area contributed by atoms with Crippen LogP contribution in [-0.2, 0) is 0 Å². The Morgan fingerprint density at radius 1 is 1.15 bits per heavy atom. The largest absolute Gasteiger partial charge is 0.159 e. The van der Waals surface area contributed by atoms with Crippen LogP contribution in [0.15, 0.2) is 16.9 Å². The van der Waals surface area contributed by atoms with Gasteiger partial charge in [-0.05, 0) is 25.3 Å². The van der Waals surface area contributed by atoms with Crippen molar-refractivity contribution in [3.05, 3.63) is 11.8 Å². The fraction of sp³-hybridized carbons (Fsp3) is 0.727. The molecular formula is C11H19N2. The second kappa shape index (κ2) is 5.79. The summed E-state index contributed by atoms with van der Waals surface area (Å²) in [7, 11) is 0. The van der Waals surface area contributed by atoms with Crippen LogP contribution in [0.3, 0.4) is 0 Å². The van der Waals surface area contributed by atoms with Crippen LogP contribution >= 0.6 is 0 Å². The van der Waals surface area contributed by atoms with Gasteiger partial charge in [-0.1, -0.05) is 32.6 Å². The van der Waals surface area contributed by atoms with Crippen LogP contribution in [-0.4, -0.2) is 5.71 Å². The lowest BCUT2D eigenvalue weighted by atomic mass is 10.1. The molecule has 0 saturated heterocycles. The van der Waals surface area contributed by atoms with Gasteiger partial charge in [-0.3, -0.25) is 0 Å². The average molecular weight is 179 g/mol. The van der Waals surface area contributed by atoms with Crippen molar-refractivity contribution >= 4 is 5.71 Å². The van der Waals surface area contributed by atoms with E-state index in [9.17, 15) is 0 Å². The normalized spacial score (nSPS) is 15.2. The zero-order valence-electron chi connectivity index (χ0n) is 8.71. The van der Waals surface area contributed by atoms with Gasteiger partial charge in [0.1, 0.15) is 0 Å². The summed E-state index contributed by atoms with van der Waals surface area (Å²) in [5.74, 6) is 0. The van der Waals surface area contributed by atoms with Gasteiger partial charge in [0.15, 0.2) is 0 Å². The van der Waals surface area contributed by atoms with Crippen LogP contribution in [0.1, 0.15) is 52.4 Å². The van der Waals surface area contributed by atoms with Gasteiger partial charge < -0.3 is 0 Å². The molecule has 0 aromatic carbocycles. The Bertz CT molecular complexity index is 204. The Hall–Kier alpha value is -0.790. The van der Waals surface area contributed by atoms with Crippen molar-refractivity contribution in [2.24, 2.45) is 5.10 Å². The molecule has 0 aromatic heterocycles. The van der Waals surface area contributed by atoms with Crippen molar-refractivity contribution in [3.63, 3.8) is 0 Å². The highest BCUT2D eigenvalue weighted by Crippen LogP contribution is 2.12. The highest BCUT2D eigenvalue weighted by atomic mass is 15.3. The van der Waals surface area contributed by atoms with Crippen LogP contribution in [0.25, 0.3) is 0 Å². The van der Waals surface area contributed by atoms with Gasteiger partial charge in [0, 0.05) is 0 Å². The third kappa shape index (κ3) is 3.62. The monoisotopic (exact) mass is 179 g/mol. The van der Waals surface area contributed by atoms with Gasteiger partial charge in [-0.15, -0.1) is 0 Å². The quantitative estimate of drug-likeness (QED) is 0.560. The first kappa shape index (κ1) is 10.3. The first-order chi connectivity index (χ1) is 6.34. The second-order valence-corrected chi connectivity index (χ2v) is 3.64. The fourth-order valence-electron chi connectivity index (χ4n) is 1.48. The summed E-state index contributed by atoms with van der Waals surface area (Å²) in [4.78, 5) is 0. The molecule has 0 amide bonds. The van der Waals surface area contributed by atoms with Crippen molar-refractivity contribution in [2.45, 2.75) is 52.4 Å². The molecule has 0 saturated carbocycles. The number of nitrogens with zero attached hydrogens (tertiary/aromatic N) is 2. The lowest BCUT2D eigenvalue weighted by Gasteiger charge is -2.00. The summed E-state index contributed by atoms with van der Waals surface area (Å²) in [5, 5.41) is 4.08. The summed E-state index contributed by atoms with van der Waals surface area (Å²) in [6.07, 6.45) is 9.60. The molecule has 0 aliphatic carbocycles. The molecule has 1 heterocycles. The lowest BCUT2D eigenvalue weighted by Crippen LogP contribution is -1.96. The SMILES string of the molecule is CCCCCCCC1=N[N]C=C1C. The third-order valence-electron chi connectivity index (χ3n) is 2.40. The molecule has 1 aliphatic heterocycles. The van der Waals surface area contributed by atoms with Crippen molar-refractivity contribution < 1.29 is 0 Å². The molecular weight excluding hydrogens is 160 g/mol. The molecule has 0 atom stereocenters. The molecule has 1 radical (unpaired) electrons. The maximum absolute atomic E-state index is 4.08. The Morgan fingerprint density at radius 2 is 1.92 bits per heavy atom. The van der Waals surface area contributed by atoms with E-state index in [2.05, 4.69) is 24.4 Å². The molecule has 1 aliphatic rings. The van der Waals surface area contributed by atoms with Crippen molar-refractivity contribution in [3.8, 4) is 0 Å². The van der Waals surface area contributed by atoms with Gasteiger partial charge in [-0.25, -0.2) is 0 Å². The number of rotatable bonds is 6. The van der Waals surface area contributed by atoms with Crippen LogP contribution in [0.4, 0.5) is 0 Å². The Balaban J connectivity index is 2.03. The standard InChI is InChI=1S/C11H19N2/c1-3-4-5-6-7-8-11-10(2)9-12-13-11/h9H,3-8H2,1-2H3. The van der Waals surface area contributed by atoms with Crippen molar-refractivity contribution in [2.75, 3.05) is 0 Å². The maximum atomic E-state index is 4.08. The average Bonchev–Trinajstić information content (AvgIpc) is 2.52. The summed E-state index contributed by atoms with van der Waals surface area (Å²) >= 11 is 0. The van der Waals surface area contributed by atoms with E-state index in [1.807, 2.05) is 6.20 Å². The molecule has 13 heavy (non-hydrogen) atoms. The minimum absolute atomic E-state index is 1.11. The summed E-state index contributed by atoms with van der Waals surface area (Å²) in [6, 6.07) is 0. The van der Waals surface area contributed by atoms with E-state index in [4.69, 9.17) is 0 Å². The molecule has 0 fully saturated rings. The zero-order chi connectivity index (χ0) is 9.52. The predicted octanol–water partition coefficient (Wildman–Crippen LogP) is 3.22. The molecule has 73 valence electrons. The number of hydrogen-bond donors (Lipinski definition) is 0. The number of hydrogen-bond acceptors (Lipinski definition) is 1. The van der Waals surface area contributed by atoms with Gasteiger partial charge in [0.05, 0.1) is 11.9 Å². The van der Waals surface area contributed by atoms with Gasteiger partial charge >= 0.3 is 0 Å². The van der Waals surface area contributed by atoms with Crippen LogP contribution in [0.2, 0.25) is 0 Å². The Morgan fingerprint density at radius 3 is 2.54 bits per heavy atom. The summed E-state index contributed by atoms with van der Waals surface area (Å²) < 4.78 is 0. The first-order valence-electron chi connectivity index (χ1n) is 5.28. The molecule has 2 heteroatoms. The topological polar surface area (TPSA) is 26.5 Å². The van der Waals surface area contributed by atoms with Crippen molar-refractivity contribution in [1.82, 2.24) is 5.43 Å². The molecule has 0 aromatic rings. The second-order valence-electron chi connectivity index (χ2n) is 3.64. The Labute approximate surface area is 81.1 Å². The number of allylic oxidation sites excluding steroid dienone is 1. The van der Waals surface area contributed by atoms with Gasteiger partial charge in [0.2, 0.25) is 0 Å². The minimum Gasteiger partial charge on any atom is -0.159 e. The molecule has 0 N–H and O–H groups in total. The molecule has 0 unspecified atom stereocenters. The van der Waals surface area contributed by atoms with E-state index in [0.29, 0.717) is 0 Å².